The molecule has 0 bridgehead atoms. The summed E-state index contributed by atoms with van der Waals surface area (Å²) >= 11 is 3.39. The van der Waals surface area contributed by atoms with E-state index in [1.54, 1.807) is 54.3 Å². The van der Waals surface area contributed by atoms with Gasteiger partial charge < -0.3 is 15.4 Å². The van der Waals surface area contributed by atoms with Crippen molar-refractivity contribution in [3.63, 3.8) is 0 Å². The molecule has 0 fully saturated rings. The van der Waals surface area contributed by atoms with Gasteiger partial charge in [-0.1, -0.05) is 37.6 Å². The molecule has 0 saturated carbocycles. The van der Waals surface area contributed by atoms with Gasteiger partial charge in [0.1, 0.15) is 0 Å². The zero-order valence-electron chi connectivity index (χ0n) is 18.3. The molecule has 1 aliphatic rings. The lowest BCUT2D eigenvalue weighted by atomic mass is 9.94. The molecule has 0 aromatic heterocycles. The van der Waals surface area contributed by atoms with E-state index < -0.39 is 12.0 Å². The third-order valence-corrected chi connectivity index (χ3v) is 6.02. The number of amides is 3. The summed E-state index contributed by atoms with van der Waals surface area (Å²) in [6.07, 6.45) is 1.74. The fourth-order valence-electron chi connectivity index (χ4n) is 3.63. The van der Waals surface area contributed by atoms with Crippen molar-refractivity contribution < 1.29 is 19.1 Å². The van der Waals surface area contributed by atoms with Crippen LogP contribution in [0.5, 0.6) is 0 Å². The Morgan fingerprint density at radius 1 is 1.19 bits per heavy atom. The summed E-state index contributed by atoms with van der Waals surface area (Å²) in [4.78, 5) is 39.7. The van der Waals surface area contributed by atoms with Crippen molar-refractivity contribution in [2.75, 3.05) is 19.0 Å². The van der Waals surface area contributed by atoms with Gasteiger partial charge in [0.2, 0.25) is 0 Å². The lowest BCUT2D eigenvalue weighted by Gasteiger charge is -2.35. The molecule has 1 heterocycles. The maximum atomic E-state index is 12.8. The van der Waals surface area contributed by atoms with Crippen molar-refractivity contribution in [1.82, 2.24) is 10.2 Å². The van der Waals surface area contributed by atoms with Gasteiger partial charge in [0.25, 0.3) is 5.91 Å². The number of nitrogens with zero attached hydrogens (tertiary/aromatic N) is 1. The maximum Gasteiger partial charge on any atom is 0.337 e. The molecule has 0 spiro atoms. The number of esters is 1. The number of allylic oxidation sites excluding steroid dienone is 1. The van der Waals surface area contributed by atoms with Gasteiger partial charge in [0.15, 0.2) is 0 Å². The molecule has 3 amide bonds. The minimum atomic E-state index is -0.687. The molecule has 8 heteroatoms. The van der Waals surface area contributed by atoms with E-state index in [9.17, 15) is 14.4 Å². The van der Waals surface area contributed by atoms with Gasteiger partial charge in [-0.15, -0.1) is 0 Å². The highest BCUT2D eigenvalue weighted by atomic mass is 79.9. The molecule has 7 nitrogen and oxygen atoms in total. The van der Waals surface area contributed by atoms with E-state index in [0.29, 0.717) is 39.1 Å². The maximum absolute atomic E-state index is 12.8. The van der Waals surface area contributed by atoms with E-state index in [1.807, 2.05) is 13.0 Å². The van der Waals surface area contributed by atoms with Gasteiger partial charge in [-0.05, 0) is 59.1 Å². The Morgan fingerprint density at radius 2 is 1.94 bits per heavy atom. The highest BCUT2D eigenvalue weighted by Gasteiger charge is 2.36. The summed E-state index contributed by atoms with van der Waals surface area (Å²) in [5.41, 5.74) is 2.66. The fraction of sp³-hybridized carbons (Fsp3) is 0.292. The van der Waals surface area contributed by atoms with Crippen molar-refractivity contribution >= 4 is 39.5 Å². The van der Waals surface area contributed by atoms with Crippen LogP contribution in [0.15, 0.2) is 64.3 Å². The Bertz CT molecular complexity index is 1070. The Labute approximate surface area is 195 Å². The summed E-state index contributed by atoms with van der Waals surface area (Å²) in [5, 5.41) is 5.79. The van der Waals surface area contributed by atoms with Crippen LogP contribution < -0.4 is 10.6 Å². The SMILES string of the molecule is CCCCN1C(=O)NC(c2cccc(NC(=O)c3ccccc3Br)c2)C(C(=O)OC)=C1C. The van der Waals surface area contributed by atoms with Crippen LogP contribution in [-0.2, 0) is 9.53 Å². The number of benzene rings is 2. The molecule has 2 aromatic carbocycles. The van der Waals surface area contributed by atoms with E-state index in [0.717, 1.165) is 12.8 Å². The standard InChI is InChI=1S/C24H26BrN3O4/c1-4-5-13-28-15(2)20(23(30)32-3)21(27-24(28)31)16-9-8-10-17(14-16)26-22(29)18-11-6-7-12-19(18)25/h6-12,14,21H,4-5,13H2,1-3H3,(H,26,29)(H,27,31). The normalized spacial score (nSPS) is 15.9. The zero-order chi connectivity index (χ0) is 23.3. The molecular formula is C24H26BrN3O4. The number of hydrogen-bond acceptors (Lipinski definition) is 4. The van der Waals surface area contributed by atoms with E-state index in [1.165, 1.54) is 7.11 Å². The van der Waals surface area contributed by atoms with Gasteiger partial charge in [-0.2, -0.15) is 0 Å². The van der Waals surface area contributed by atoms with Crippen molar-refractivity contribution in [3.05, 3.63) is 75.4 Å². The molecule has 1 atom stereocenters. The van der Waals surface area contributed by atoms with Gasteiger partial charge in [0.05, 0.1) is 24.3 Å². The number of halogens is 1. The van der Waals surface area contributed by atoms with Crippen LogP contribution in [0, 0.1) is 0 Å². The summed E-state index contributed by atoms with van der Waals surface area (Å²) < 4.78 is 5.70. The van der Waals surface area contributed by atoms with Gasteiger partial charge in [-0.3, -0.25) is 9.69 Å². The van der Waals surface area contributed by atoms with Crippen LogP contribution in [0.2, 0.25) is 0 Å². The van der Waals surface area contributed by atoms with E-state index in [2.05, 4.69) is 26.6 Å². The Morgan fingerprint density at radius 3 is 2.62 bits per heavy atom. The molecule has 2 aromatic rings. The van der Waals surface area contributed by atoms with Crippen molar-refractivity contribution in [3.8, 4) is 0 Å². The topological polar surface area (TPSA) is 87.7 Å². The predicted octanol–water partition coefficient (Wildman–Crippen LogP) is 5.01. The number of unbranched alkanes of at least 4 members (excludes halogenated alkanes) is 1. The lowest BCUT2D eigenvalue weighted by Crippen LogP contribution is -2.48. The van der Waals surface area contributed by atoms with Gasteiger partial charge in [-0.25, -0.2) is 9.59 Å². The number of urea groups is 1. The number of hydrogen-bond donors (Lipinski definition) is 2. The largest absolute Gasteiger partial charge is 0.466 e. The van der Waals surface area contributed by atoms with Crippen molar-refractivity contribution in [1.29, 1.82) is 0 Å². The number of carbonyl (C=O) groups is 3. The minimum Gasteiger partial charge on any atom is -0.466 e. The number of methoxy groups -OCH3 is 1. The summed E-state index contributed by atoms with van der Waals surface area (Å²) in [5.74, 6) is -0.774. The average molecular weight is 500 g/mol. The Hall–Kier alpha value is -3.13. The van der Waals surface area contributed by atoms with Crippen LogP contribution >= 0.6 is 15.9 Å². The summed E-state index contributed by atoms with van der Waals surface area (Å²) in [6.45, 7) is 4.31. The first-order chi connectivity index (χ1) is 15.4. The highest BCUT2D eigenvalue weighted by Crippen LogP contribution is 2.32. The second-order valence-electron chi connectivity index (χ2n) is 7.44. The number of nitrogens with one attached hydrogen (secondary N) is 2. The zero-order valence-corrected chi connectivity index (χ0v) is 19.9. The van der Waals surface area contributed by atoms with Crippen molar-refractivity contribution in [2.45, 2.75) is 32.7 Å². The number of rotatable bonds is 7. The molecule has 1 aliphatic heterocycles. The average Bonchev–Trinajstić information content (AvgIpc) is 2.78. The third kappa shape index (κ3) is 5.02. The van der Waals surface area contributed by atoms with Crippen LogP contribution in [0.3, 0.4) is 0 Å². The first-order valence-electron chi connectivity index (χ1n) is 10.4. The number of carbonyl (C=O) groups excluding carboxylic acids is 3. The number of ether oxygens (including phenoxy) is 1. The van der Waals surface area contributed by atoms with Crippen LogP contribution in [0.4, 0.5) is 10.5 Å². The van der Waals surface area contributed by atoms with Crippen molar-refractivity contribution in [2.24, 2.45) is 0 Å². The molecule has 32 heavy (non-hydrogen) atoms. The van der Waals surface area contributed by atoms with E-state index >= 15 is 0 Å². The monoisotopic (exact) mass is 499 g/mol. The molecule has 168 valence electrons. The molecule has 0 saturated heterocycles. The number of anilines is 1. The quantitative estimate of drug-likeness (QED) is 0.523. The van der Waals surface area contributed by atoms with E-state index in [-0.39, 0.29) is 11.9 Å². The van der Waals surface area contributed by atoms with E-state index in [4.69, 9.17) is 4.74 Å². The van der Waals surface area contributed by atoms with Crippen LogP contribution in [-0.4, -0.2) is 36.5 Å². The Balaban J connectivity index is 1.93. The highest BCUT2D eigenvalue weighted by molar-refractivity contribution is 9.10. The lowest BCUT2D eigenvalue weighted by molar-refractivity contribution is -0.136. The van der Waals surface area contributed by atoms with Crippen LogP contribution in [0.1, 0.15) is 48.7 Å². The third-order valence-electron chi connectivity index (χ3n) is 5.33. The second-order valence-corrected chi connectivity index (χ2v) is 8.29. The summed E-state index contributed by atoms with van der Waals surface area (Å²) in [7, 11) is 1.32. The van der Waals surface area contributed by atoms with Crippen LogP contribution in [0.25, 0.3) is 0 Å². The smallest absolute Gasteiger partial charge is 0.337 e. The molecule has 0 aliphatic carbocycles. The first-order valence-corrected chi connectivity index (χ1v) is 11.2. The molecule has 2 N–H and O–H groups in total. The fourth-order valence-corrected chi connectivity index (χ4v) is 4.10. The second kappa shape index (κ2) is 10.5. The summed E-state index contributed by atoms with van der Waals surface area (Å²) in [6, 6.07) is 13.3. The molecular weight excluding hydrogens is 474 g/mol. The Kier molecular flexibility index (Phi) is 7.69. The van der Waals surface area contributed by atoms with Gasteiger partial charge >= 0.3 is 12.0 Å². The minimum absolute atomic E-state index is 0.267. The van der Waals surface area contributed by atoms with Gasteiger partial charge in [0, 0.05) is 22.4 Å². The predicted molar refractivity (Wildman–Crippen MR) is 126 cm³/mol. The molecule has 1 unspecified atom stereocenters. The molecule has 3 rings (SSSR count). The molecule has 0 radical (unpaired) electrons. The first kappa shape index (κ1) is 23.5.